The van der Waals surface area contributed by atoms with E-state index in [1.807, 2.05) is 24.3 Å². The molecule has 7 heteroatoms. The summed E-state index contributed by atoms with van der Waals surface area (Å²) in [6.07, 6.45) is 1.53. The summed E-state index contributed by atoms with van der Waals surface area (Å²) in [6, 6.07) is 16.0. The highest BCUT2D eigenvalue weighted by atomic mass is 79.9. The van der Waals surface area contributed by atoms with E-state index in [1.165, 1.54) is 16.7 Å². The van der Waals surface area contributed by atoms with Crippen LogP contribution in [0.5, 0.6) is 5.75 Å². The molecule has 4 rings (SSSR count). The van der Waals surface area contributed by atoms with Crippen molar-refractivity contribution in [3.8, 4) is 17.0 Å². The number of aromatic nitrogens is 3. The van der Waals surface area contributed by atoms with Gasteiger partial charge in [0.1, 0.15) is 11.4 Å². The van der Waals surface area contributed by atoms with E-state index < -0.39 is 0 Å². The van der Waals surface area contributed by atoms with Gasteiger partial charge in [0, 0.05) is 33.6 Å². The number of aromatic hydroxyl groups is 1. The molecule has 0 radical (unpaired) electrons. The Morgan fingerprint density at radius 1 is 1.19 bits per heavy atom. The van der Waals surface area contributed by atoms with Gasteiger partial charge in [-0.25, -0.2) is 14.4 Å². The maximum Gasteiger partial charge on any atom is 0.260 e. The van der Waals surface area contributed by atoms with E-state index in [0.29, 0.717) is 22.9 Å². The molecule has 0 saturated heterocycles. The van der Waals surface area contributed by atoms with Crippen LogP contribution < -0.4 is 5.56 Å². The molecule has 0 fully saturated rings. The van der Waals surface area contributed by atoms with Crippen molar-refractivity contribution >= 4 is 33.7 Å². The molecule has 4 aromatic rings. The number of hydrogen-bond donors (Lipinski definition) is 2. The lowest BCUT2D eigenvalue weighted by atomic mass is 10.1. The third-order valence-corrected chi connectivity index (χ3v) is 4.63. The van der Waals surface area contributed by atoms with E-state index in [2.05, 4.69) is 30.9 Å². The molecule has 0 aliphatic rings. The van der Waals surface area contributed by atoms with Gasteiger partial charge in [-0.2, -0.15) is 0 Å². The number of H-pyrrole nitrogens is 1. The van der Waals surface area contributed by atoms with E-state index in [9.17, 15) is 9.90 Å². The van der Waals surface area contributed by atoms with Crippen molar-refractivity contribution in [2.45, 2.75) is 6.92 Å². The number of phenolic OH excluding ortho intramolecular Hbond substituents is 1. The van der Waals surface area contributed by atoms with Crippen LogP contribution in [0.4, 0.5) is 5.82 Å². The van der Waals surface area contributed by atoms with Gasteiger partial charge >= 0.3 is 0 Å². The predicted molar refractivity (Wildman–Crippen MR) is 109 cm³/mol. The van der Waals surface area contributed by atoms with Crippen LogP contribution >= 0.6 is 15.9 Å². The Hall–Kier alpha value is -3.19. The fourth-order valence-electron chi connectivity index (χ4n) is 2.81. The van der Waals surface area contributed by atoms with Gasteiger partial charge in [-0.3, -0.25) is 4.79 Å². The summed E-state index contributed by atoms with van der Waals surface area (Å²) in [5.74, 6) is 0.934. The summed E-state index contributed by atoms with van der Waals surface area (Å²) < 4.78 is 2.38. The monoisotopic (exact) mass is 422 g/mol. The Kier molecular flexibility index (Phi) is 4.37. The van der Waals surface area contributed by atoms with Crippen LogP contribution in [0.1, 0.15) is 11.3 Å². The average Bonchev–Trinajstić information content (AvgIpc) is 3.00. The molecular weight excluding hydrogens is 408 g/mol. The number of hydrogen-bond acceptors (Lipinski definition) is 4. The molecule has 2 heterocycles. The van der Waals surface area contributed by atoms with E-state index in [0.717, 1.165) is 15.7 Å². The lowest BCUT2D eigenvalue weighted by Gasteiger charge is -2.01. The number of nitrogens with zero attached hydrogens (tertiary/aromatic N) is 3. The van der Waals surface area contributed by atoms with Crippen LogP contribution in [0, 0.1) is 6.92 Å². The summed E-state index contributed by atoms with van der Waals surface area (Å²) in [5, 5.41) is 9.97. The number of imidazole rings is 1. The van der Waals surface area contributed by atoms with Gasteiger partial charge in [0.05, 0.1) is 0 Å². The first kappa shape index (κ1) is 17.2. The number of aliphatic imine (C=N–C) groups is 1. The number of halogens is 1. The molecule has 2 aromatic heterocycles. The summed E-state index contributed by atoms with van der Waals surface area (Å²) in [5.41, 5.74) is 2.46. The molecule has 0 aliphatic carbocycles. The van der Waals surface area contributed by atoms with Crippen LogP contribution in [0.15, 0.2) is 68.9 Å². The summed E-state index contributed by atoms with van der Waals surface area (Å²) in [6.45, 7) is 1.81. The fraction of sp³-hybridized carbons (Fsp3) is 0.0500. The third kappa shape index (κ3) is 3.29. The van der Waals surface area contributed by atoms with E-state index in [-0.39, 0.29) is 11.3 Å². The van der Waals surface area contributed by atoms with Crippen molar-refractivity contribution in [3.63, 3.8) is 0 Å². The molecule has 0 aliphatic heterocycles. The Labute approximate surface area is 163 Å². The topological polar surface area (TPSA) is 82.8 Å². The maximum absolute atomic E-state index is 12.6. The summed E-state index contributed by atoms with van der Waals surface area (Å²) in [7, 11) is 0. The molecule has 0 unspecified atom stereocenters. The fourth-order valence-corrected chi connectivity index (χ4v) is 3.08. The van der Waals surface area contributed by atoms with Crippen molar-refractivity contribution in [1.29, 1.82) is 0 Å². The van der Waals surface area contributed by atoms with Gasteiger partial charge in [-0.1, -0.05) is 40.2 Å². The molecule has 0 spiro atoms. The Morgan fingerprint density at radius 3 is 2.67 bits per heavy atom. The molecule has 2 aromatic carbocycles. The average molecular weight is 423 g/mol. The predicted octanol–water partition coefficient (Wildman–Crippen LogP) is 4.22. The molecule has 0 saturated carbocycles. The highest BCUT2D eigenvalue weighted by Gasteiger charge is 2.16. The lowest BCUT2D eigenvalue weighted by molar-refractivity contribution is 0.474. The number of aryl methyl sites for hydroxylation is 1. The maximum atomic E-state index is 12.6. The first-order chi connectivity index (χ1) is 13.0. The SMILES string of the molecule is Cc1cc(=O)n2c(/N=C/c3ccccc3O)c(-c3ccc(Br)cc3)nc2[nH]1. The van der Waals surface area contributed by atoms with E-state index in [1.54, 1.807) is 31.2 Å². The third-order valence-electron chi connectivity index (χ3n) is 4.10. The minimum Gasteiger partial charge on any atom is -0.507 e. The minimum absolute atomic E-state index is 0.116. The molecule has 0 bridgehead atoms. The van der Waals surface area contributed by atoms with Crippen molar-refractivity contribution in [2.24, 2.45) is 4.99 Å². The van der Waals surface area contributed by atoms with Crippen LogP contribution in [0.2, 0.25) is 0 Å². The standard InChI is InChI=1S/C20H15BrN4O2/c1-12-10-17(27)25-19(22-11-14-4-2-3-5-16(14)26)18(24-20(25)23-12)13-6-8-15(21)9-7-13/h2-11,26H,1H3,(H,23,24)/b22-11+. The number of aromatic amines is 1. The highest BCUT2D eigenvalue weighted by molar-refractivity contribution is 9.10. The van der Waals surface area contributed by atoms with Crippen molar-refractivity contribution in [1.82, 2.24) is 14.4 Å². The van der Waals surface area contributed by atoms with Gasteiger partial charge in [0.25, 0.3) is 5.56 Å². The number of rotatable bonds is 3. The van der Waals surface area contributed by atoms with Crippen LogP contribution in [0.25, 0.3) is 17.0 Å². The number of nitrogens with one attached hydrogen (secondary N) is 1. The second-order valence-electron chi connectivity index (χ2n) is 6.06. The van der Waals surface area contributed by atoms with Crippen molar-refractivity contribution < 1.29 is 5.11 Å². The largest absolute Gasteiger partial charge is 0.507 e. The first-order valence-electron chi connectivity index (χ1n) is 8.23. The normalized spacial score (nSPS) is 11.5. The van der Waals surface area contributed by atoms with E-state index >= 15 is 0 Å². The van der Waals surface area contributed by atoms with Crippen molar-refractivity contribution in [3.05, 3.63) is 80.7 Å². The number of phenols is 1. The van der Waals surface area contributed by atoms with Gasteiger partial charge in [0.15, 0.2) is 5.82 Å². The Morgan fingerprint density at radius 2 is 1.93 bits per heavy atom. The zero-order valence-corrected chi connectivity index (χ0v) is 15.9. The minimum atomic E-state index is -0.221. The van der Waals surface area contributed by atoms with Gasteiger partial charge in [-0.15, -0.1) is 0 Å². The highest BCUT2D eigenvalue weighted by Crippen LogP contribution is 2.30. The molecule has 0 amide bonds. The molecule has 2 N–H and O–H groups in total. The van der Waals surface area contributed by atoms with Crippen LogP contribution in [0.3, 0.4) is 0 Å². The smallest absolute Gasteiger partial charge is 0.260 e. The summed E-state index contributed by atoms with van der Waals surface area (Å²) >= 11 is 3.42. The first-order valence-corrected chi connectivity index (χ1v) is 9.02. The number of fused-ring (bicyclic) bond motifs is 1. The lowest BCUT2D eigenvalue weighted by Crippen LogP contribution is -2.13. The molecule has 27 heavy (non-hydrogen) atoms. The molecule has 134 valence electrons. The zero-order valence-electron chi connectivity index (χ0n) is 14.3. The molecule has 0 atom stereocenters. The van der Waals surface area contributed by atoms with E-state index in [4.69, 9.17) is 0 Å². The zero-order chi connectivity index (χ0) is 19.0. The number of para-hydroxylation sites is 1. The van der Waals surface area contributed by atoms with Crippen LogP contribution in [-0.2, 0) is 0 Å². The number of benzene rings is 2. The van der Waals surface area contributed by atoms with Crippen molar-refractivity contribution in [2.75, 3.05) is 0 Å². The summed E-state index contributed by atoms with van der Waals surface area (Å²) in [4.78, 5) is 24.8. The quantitative estimate of drug-likeness (QED) is 0.484. The Bertz CT molecular complexity index is 1220. The molecule has 6 nitrogen and oxygen atoms in total. The Balaban J connectivity index is 1.96. The van der Waals surface area contributed by atoms with Gasteiger partial charge in [0.2, 0.25) is 5.78 Å². The van der Waals surface area contributed by atoms with Crippen LogP contribution in [-0.4, -0.2) is 25.7 Å². The van der Waals surface area contributed by atoms with Gasteiger partial charge < -0.3 is 10.1 Å². The molecular formula is C20H15BrN4O2. The second-order valence-corrected chi connectivity index (χ2v) is 6.97. The second kappa shape index (κ2) is 6.85. The van der Waals surface area contributed by atoms with Gasteiger partial charge in [-0.05, 0) is 31.2 Å².